The van der Waals surface area contributed by atoms with Crippen LogP contribution in [0.5, 0.6) is 0 Å². The first-order valence-electron chi connectivity index (χ1n) is 5.45. The average Bonchev–Trinajstić information content (AvgIpc) is 2.75. The molecule has 1 atom stereocenters. The molecule has 1 aromatic heterocycles. The molecule has 0 spiro atoms. The van der Waals surface area contributed by atoms with Crippen LogP contribution in [0.1, 0.15) is 22.1 Å². The molecule has 0 bridgehead atoms. The Balaban J connectivity index is 2.18. The Kier molecular flexibility index (Phi) is 4.18. The molecule has 0 fully saturated rings. The Hall–Kier alpha value is -1.04. The minimum atomic E-state index is -4.37. The quantitative estimate of drug-likeness (QED) is 0.871. The summed E-state index contributed by atoms with van der Waals surface area (Å²) < 4.78 is 37.7. The molecular formula is C13H10ClF3OS. The number of benzene rings is 1. The lowest BCUT2D eigenvalue weighted by Gasteiger charge is -2.12. The molecule has 0 aliphatic rings. The molecule has 6 heteroatoms. The van der Waals surface area contributed by atoms with E-state index in [4.69, 9.17) is 11.6 Å². The van der Waals surface area contributed by atoms with Gasteiger partial charge in [-0.05, 0) is 23.1 Å². The summed E-state index contributed by atoms with van der Waals surface area (Å²) in [5, 5.41) is 12.1. The van der Waals surface area contributed by atoms with Crippen molar-refractivity contribution >= 4 is 22.9 Å². The first kappa shape index (κ1) is 14.4. The Morgan fingerprint density at radius 1 is 1.26 bits per heavy atom. The van der Waals surface area contributed by atoms with Gasteiger partial charge in [0.25, 0.3) is 0 Å². The second kappa shape index (κ2) is 5.53. The van der Waals surface area contributed by atoms with E-state index in [1.54, 1.807) is 17.5 Å². The van der Waals surface area contributed by atoms with E-state index in [2.05, 4.69) is 0 Å². The standard InChI is InChI=1S/C13H10ClF3OS/c14-10-4-5-19-12(10)11(18)7-8-2-1-3-9(6-8)13(15,16)17/h1-6,11,18H,7H2. The zero-order chi connectivity index (χ0) is 14.0. The van der Waals surface area contributed by atoms with Gasteiger partial charge in [0.1, 0.15) is 0 Å². The second-order valence-electron chi connectivity index (χ2n) is 4.05. The highest BCUT2D eigenvalue weighted by atomic mass is 35.5. The number of hydrogen-bond donors (Lipinski definition) is 1. The van der Waals surface area contributed by atoms with Gasteiger partial charge < -0.3 is 5.11 Å². The fourth-order valence-corrected chi connectivity index (χ4v) is 2.90. The SMILES string of the molecule is OC(Cc1cccc(C(F)(F)F)c1)c1sccc1Cl. The van der Waals surface area contributed by atoms with Crippen LogP contribution in [0.4, 0.5) is 13.2 Å². The van der Waals surface area contributed by atoms with E-state index >= 15 is 0 Å². The summed E-state index contributed by atoms with van der Waals surface area (Å²) in [5.41, 5.74) is -0.290. The Morgan fingerprint density at radius 3 is 2.58 bits per heavy atom. The van der Waals surface area contributed by atoms with Crippen LogP contribution in [0.15, 0.2) is 35.7 Å². The molecule has 1 unspecified atom stereocenters. The van der Waals surface area contributed by atoms with Crippen LogP contribution in [0.2, 0.25) is 5.02 Å². The highest BCUT2D eigenvalue weighted by Gasteiger charge is 2.30. The highest BCUT2D eigenvalue weighted by molar-refractivity contribution is 7.10. The van der Waals surface area contributed by atoms with Gasteiger partial charge in [0, 0.05) is 6.42 Å². The third-order valence-electron chi connectivity index (χ3n) is 2.63. The van der Waals surface area contributed by atoms with Crippen molar-refractivity contribution in [3.05, 3.63) is 56.7 Å². The molecule has 19 heavy (non-hydrogen) atoms. The molecule has 1 aromatic carbocycles. The van der Waals surface area contributed by atoms with Crippen molar-refractivity contribution in [2.24, 2.45) is 0 Å². The van der Waals surface area contributed by atoms with Crippen molar-refractivity contribution < 1.29 is 18.3 Å². The van der Waals surface area contributed by atoms with Gasteiger partial charge in [0.15, 0.2) is 0 Å². The van der Waals surface area contributed by atoms with Crippen molar-refractivity contribution in [2.45, 2.75) is 18.7 Å². The van der Waals surface area contributed by atoms with Crippen molar-refractivity contribution in [1.29, 1.82) is 0 Å². The summed E-state index contributed by atoms with van der Waals surface area (Å²) in [4.78, 5) is 0.569. The van der Waals surface area contributed by atoms with Gasteiger partial charge in [0.2, 0.25) is 0 Å². The van der Waals surface area contributed by atoms with Gasteiger partial charge in [-0.2, -0.15) is 13.2 Å². The smallest absolute Gasteiger partial charge is 0.387 e. The van der Waals surface area contributed by atoms with Crippen LogP contribution in [0, 0.1) is 0 Å². The van der Waals surface area contributed by atoms with Crippen LogP contribution in [-0.2, 0) is 12.6 Å². The van der Waals surface area contributed by atoms with Gasteiger partial charge in [-0.15, -0.1) is 11.3 Å². The van der Waals surface area contributed by atoms with E-state index in [1.807, 2.05) is 0 Å². The first-order valence-corrected chi connectivity index (χ1v) is 6.71. The topological polar surface area (TPSA) is 20.2 Å². The predicted octanol–water partition coefficient (Wildman–Crippen LogP) is 4.70. The summed E-state index contributed by atoms with van der Waals surface area (Å²) in [6.45, 7) is 0. The van der Waals surface area contributed by atoms with Crippen LogP contribution in [0.25, 0.3) is 0 Å². The molecule has 0 aliphatic carbocycles. The van der Waals surface area contributed by atoms with E-state index in [1.165, 1.54) is 17.4 Å². The molecule has 2 rings (SSSR count). The molecule has 0 saturated heterocycles. The molecule has 1 nitrogen and oxygen atoms in total. The lowest BCUT2D eigenvalue weighted by atomic mass is 10.0. The summed E-state index contributed by atoms with van der Waals surface area (Å²) in [7, 11) is 0. The van der Waals surface area contributed by atoms with Gasteiger partial charge in [-0.25, -0.2) is 0 Å². The van der Waals surface area contributed by atoms with Gasteiger partial charge in [-0.3, -0.25) is 0 Å². The van der Waals surface area contributed by atoms with Crippen molar-refractivity contribution in [3.63, 3.8) is 0 Å². The molecule has 1 N–H and O–H groups in total. The molecule has 2 aromatic rings. The Bertz CT molecular complexity index is 565. The van der Waals surface area contributed by atoms with Crippen molar-refractivity contribution in [1.82, 2.24) is 0 Å². The fourth-order valence-electron chi connectivity index (χ4n) is 1.73. The van der Waals surface area contributed by atoms with E-state index < -0.39 is 17.8 Å². The van der Waals surface area contributed by atoms with Crippen LogP contribution in [0.3, 0.4) is 0 Å². The Morgan fingerprint density at radius 2 is 2.00 bits per heavy atom. The van der Waals surface area contributed by atoms with Crippen LogP contribution >= 0.6 is 22.9 Å². The molecule has 0 amide bonds. The van der Waals surface area contributed by atoms with Gasteiger partial charge in [0.05, 0.1) is 21.6 Å². The molecule has 0 saturated carbocycles. The molecule has 0 radical (unpaired) electrons. The number of alkyl halides is 3. The zero-order valence-corrected chi connectivity index (χ0v) is 11.2. The molecule has 1 heterocycles. The summed E-state index contributed by atoms with van der Waals surface area (Å²) in [6.07, 6.45) is -5.16. The fraction of sp³-hybridized carbons (Fsp3) is 0.231. The lowest BCUT2D eigenvalue weighted by molar-refractivity contribution is -0.137. The summed E-state index contributed by atoms with van der Waals surface area (Å²) in [6, 6.07) is 6.59. The normalized spacial score (nSPS) is 13.5. The third kappa shape index (κ3) is 3.49. The van der Waals surface area contributed by atoms with E-state index in [0.717, 1.165) is 12.1 Å². The second-order valence-corrected chi connectivity index (χ2v) is 5.41. The predicted molar refractivity (Wildman–Crippen MR) is 69.4 cm³/mol. The number of thiophene rings is 1. The maximum atomic E-state index is 12.6. The van der Waals surface area contributed by atoms with Crippen LogP contribution < -0.4 is 0 Å². The van der Waals surface area contributed by atoms with E-state index in [0.29, 0.717) is 15.5 Å². The Labute approximate surface area is 117 Å². The number of hydrogen-bond acceptors (Lipinski definition) is 2. The number of rotatable bonds is 3. The maximum Gasteiger partial charge on any atom is 0.416 e. The third-order valence-corrected chi connectivity index (χ3v) is 4.09. The lowest BCUT2D eigenvalue weighted by Crippen LogP contribution is -2.06. The first-order chi connectivity index (χ1) is 8.88. The largest absolute Gasteiger partial charge is 0.416 e. The monoisotopic (exact) mass is 306 g/mol. The minimum Gasteiger partial charge on any atom is -0.387 e. The highest BCUT2D eigenvalue weighted by Crippen LogP contribution is 2.33. The molecule has 0 aliphatic heterocycles. The zero-order valence-electron chi connectivity index (χ0n) is 9.62. The number of halogens is 4. The number of aliphatic hydroxyl groups excluding tert-OH is 1. The van der Waals surface area contributed by atoms with E-state index in [-0.39, 0.29) is 6.42 Å². The maximum absolute atomic E-state index is 12.6. The van der Waals surface area contributed by atoms with Gasteiger partial charge >= 0.3 is 6.18 Å². The van der Waals surface area contributed by atoms with Crippen molar-refractivity contribution in [2.75, 3.05) is 0 Å². The minimum absolute atomic E-state index is 0.101. The number of aliphatic hydroxyl groups is 1. The average molecular weight is 307 g/mol. The van der Waals surface area contributed by atoms with Gasteiger partial charge in [-0.1, -0.05) is 29.8 Å². The summed E-state index contributed by atoms with van der Waals surface area (Å²) in [5.74, 6) is 0. The van der Waals surface area contributed by atoms with E-state index in [9.17, 15) is 18.3 Å². The molecular weight excluding hydrogens is 297 g/mol. The van der Waals surface area contributed by atoms with Crippen LogP contribution in [-0.4, -0.2) is 5.11 Å². The molecule has 102 valence electrons. The van der Waals surface area contributed by atoms with Crippen molar-refractivity contribution in [3.8, 4) is 0 Å². The summed E-state index contributed by atoms with van der Waals surface area (Å²) >= 11 is 7.16.